The van der Waals surface area contributed by atoms with E-state index < -0.39 is 9.84 Å². The number of aromatic nitrogens is 1. The average Bonchev–Trinajstić information content (AvgIpc) is 2.27. The molecule has 1 unspecified atom stereocenters. The van der Waals surface area contributed by atoms with Gasteiger partial charge in [0.05, 0.1) is 5.75 Å². The second-order valence-electron chi connectivity index (χ2n) is 3.93. The Morgan fingerprint density at radius 3 is 2.07 bits per heavy atom. The van der Waals surface area contributed by atoms with E-state index in [0.29, 0.717) is 0 Å². The summed E-state index contributed by atoms with van der Waals surface area (Å²) in [6.07, 6.45) is 1.28. The van der Waals surface area contributed by atoms with Crippen molar-refractivity contribution in [1.82, 2.24) is 4.57 Å². The highest BCUT2D eigenvalue weighted by Gasteiger charge is 2.14. The predicted octanol–water partition coefficient (Wildman–Crippen LogP) is 1.71. The summed E-state index contributed by atoms with van der Waals surface area (Å²) in [6, 6.07) is 4.03. The van der Waals surface area contributed by atoms with Crippen molar-refractivity contribution in [2.24, 2.45) is 0 Å². The molecule has 0 saturated heterocycles. The van der Waals surface area contributed by atoms with Crippen molar-refractivity contribution in [1.29, 1.82) is 0 Å². The molecule has 1 aromatic heterocycles. The molecular formula is C10H17NO2S. The first kappa shape index (κ1) is 11.3. The van der Waals surface area contributed by atoms with Gasteiger partial charge in [-0.05, 0) is 32.9 Å². The Labute approximate surface area is 85.7 Å². The quantitative estimate of drug-likeness (QED) is 0.770. The van der Waals surface area contributed by atoms with Crippen molar-refractivity contribution in [2.75, 3.05) is 12.0 Å². The zero-order chi connectivity index (χ0) is 10.9. The molecule has 0 N–H and O–H groups in total. The molecule has 0 amide bonds. The Balaban J connectivity index is 2.95. The van der Waals surface area contributed by atoms with Gasteiger partial charge in [-0.25, -0.2) is 8.42 Å². The van der Waals surface area contributed by atoms with Crippen LogP contribution in [0.5, 0.6) is 0 Å². The minimum atomic E-state index is -2.90. The maximum Gasteiger partial charge on any atom is 0.149 e. The summed E-state index contributed by atoms with van der Waals surface area (Å²) in [7, 11) is -2.90. The van der Waals surface area contributed by atoms with Gasteiger partial charge in [0.2, 0.25) is 0 Å². The van der Waals surface area contributed by atoms with E-state index in [1.165, 1.54) is 6.26 Å². The second kappa shape index (κ2) is 3.77. The number of sulfone groups is 1. The van der Waals surface area contributed by atoms with Crippen molar-refractivity contribution in [3.05, 3.63) is 23.5 Å². The van der Waals surface area contributed by atoms with E-state index in [9.17, 15) is 8.42 Å². The molecule has 1 rings (SSSR count). The van der Waals surface area contributed by atoms with Crippen molar-refractivity contribution in [2.45, 2.75) is 26.8 Å². The third-order valence-electron chi connectivity index (χ3n) is 2.31. The summed E-state index contributed by atoms with van der Waals surface area (Å²) in [4.78, 5) is 0. The average molecular weight is 215 g/mol. The van der Waals surface area contributed by atoms with E-state index in [4.69, 9.17) is 0 Å². The van der Waals surface area contributed by atoms with Crippen LogP contribution in [0.15, 0.2) is 12.1 Å². The van der Waals surface area contributed by atoms with Crippen molar-refractivity contribution >= 4 is 9.84 Å². The third kappa shape index (κ3) is 2.61. The lowest BCUT2D eigenvalue weighted by Crippen LogP contribution is -2.18. The summed E-state index contributed by atoms with van der Waals surface area (Å²) < 4.78 is 24.3. The Morgan fingerprint density at radius 2 is 1.71 bits per heavy atom. The molecule has 0 radical (unpaired) electrons. The molecule has 0 aliphatic rings. The van der Waals surface area contributed by atoms with Gasteiger partial charge in [0.15, 0.2) is 0 Å². The molecule has 0 aliphatic carbocycles. The van der Waals surface area contributed by atoms with E-state index in [1.54, 1.807) is 0 Å². The van der Waals surface area contributed by atoms with Gasteiger partial charge in [0.25, 0.3) is 0 Å². The summed E-state index contributed by atoms with van der Waals surface area (Å²) in [5.74, 6) is 0.198. The van der Waals surface area contributed by atoms with Crippen LogP contribution in [-0.4, -0.2) is 25.0 Å². The van der Waals surface area contributed by atoms with Crippen LogP contribution in [0.25, 0.3) is 0 Å². The Kier molecular flexibility index (Phi) is 3.04. The molecule has 0 aliphatic heterocycles. The van der Waals surface area contributed by atoms with Crippen LogP contribution in [-0.2, 0) is 9.84 Å². The maximum atomic E-state index is 11.1. The van der Waals surface area contributed by atoms with Crippen molar-refractivity contribution < 1.29 is 8.42 Å². The highest BCUT2D eigenvalue weighted by Crippen LogP contribution is 2.16. The van der Waals surface area contributed by atoms with Gasteiger partial charge >= 0.3 is 0 Å². The van der Waals surface area contributed by atoms with Gasteiger partial charge in [0, 0.05) is 23.7 Å². The third-order valence-corrected chi connectivity index (χ3v) is 3.40. The number of rotatable bonds is 3. The molecule has 3 nitrogen and oxygen atoms in total. The van der Waals surface area contributed by atoms with Gasteiger partial charge in [-0.2, -0.15) is 0 Å². The van der Waals surface area contributed by atoms with Crippen molar-refractivity contribution in [3.63, 3.8) is 0 Å². The first-order chi connectivity index (χ1) is 6.31. The molecular weight excluding hydrogens is 198 g/mol. The SMILES string of the molecule is Cc1ccc(C)n1C(C)CS(C)(=O)=O. The van der Waals surface area contributed by atoms with Crippen LogP contribution < -0.4 is 0 Å². The fourth-order valence-corrected chi connectivity index (χ4v) is 2.91. The number of nitrogens with zero attached hydrogens (tertiary/aromatic N) is 1. The highest BCUT2D eigenvalue weighted by molar-refractivity contribution is 7.90. The molecule has 1 aromatic rings. The summed E-state index contributed by atoms with van der Waals surface area (Å²) in [5, 5.41) is 0. The van der Waals surface area contributed by atoms with Gasteiger partial charge in [-0.15, -0.1) is 0 Å². The number of hydrogen-bond donors (Lipinski definition) is 0. The zero-order valence-corrected chi connectivity index (χ0v) is 9.93. The van der Waals surface area contributed by atoms with Crippen LogP contribution in [0.2, 0.25) is 0 Å². The topological polar surface area (TPSA) is 39.1 Å². The Morgan fingerprint density at radius 1 is 1.29 bits per heavy atom. The molecule has 14 heavy (non-hydrogen) atoms. The Hall–Kier alpha value is -0.770. The number of hydrogen-bond acceptors (Lipinski definition) is 2. The van der Waals surface area contributed by atoms with Gasteiger partial charge in [-0.3, -0.25) is 0 Å². The lowest BCUT2D eigenvalue weighted by molar-refractivity contribution is 0.549. The van der Waals surface area contributed by atoms with Gasteiger partial charge in [-0.1, -0.05) is 0 Å². The van der Waals surface area contributed by atoms with Crippen LogP contribution in [0.3, 0.4) is 0 Å². The van der Waals surface area contributed by atoms with E-state index in [-0.39, 0.29) is 11.8 Å². The lowest BCUT2D eigenvalue weighted by Gasteiger charge is -2.17. The van der Waals surface area contributed by atoms with Crippen LogP contribution in [0.4, 0.5) is 0 Å². The van der Waals surface area contributed by atoms with E-state index in [0.717, 1.165) is 11.4 Å². The Bertz CT molecular complexity index is 398. The van der Waals surface area contributed by atoms with Crippen LogP contribution in [0, 0.1) is 13.8 Å². The molecule has 80 valence electrons. The standard InChI is InChI=1S/C10H17NO2S/c1-8-5-6-9(2)11(8)10(3)7-14(4,12)13/h5-6,10H,7H2,1-4H3. The first-order valence-corrected chi connectivity index (χ1v) is 6.69. The smallest absolute Gasteiger partial charge is 0.149 e. The predicted molar refractivity (Wildman–Crippen MR) is 58.3 cm³/mol. The minimum absolute atomic E-state index is 0.0139. The first-order valence-electron chi connectivity index (χ1n) is 4.63. The summed E-state index contributed by atoms with van der Waals surface area (Å²) in [5.41, 5.74) is 2.22. The van der Waals surface area contributed by atoms with E-state index in [1.807, 2.05) is 32.9 Å². The summed E-state index contributed by atoms with van der Waals surface area (Å²) in [6.45, 7) is 5.92. The second-order valence-corrected chi connectivity index (χ2v) is 6.11. The fourth-order valence-electron chi connectivity index (χ4n) is 1.89. The maximum absolute atomic E-state index is 11.1. The normalized spacial score (nSPS) is 14.3. The minimum Gasteiger partial charge on any atom is -0.345 e. The molecule has 0 fully saturated rings. The molecule has 0 saturated carbocycles. The zero-order valence-electron chi connectivity index (χ0n) is 9.11. The van der Waals surface area contributed by atoms with E-state index >= 15 is 0 Å². The largest absolute Gasteiger partial charge is 0.345 e. The molecule has 0 aromatic carbocycles. The highest BCUT2D eigenvalue weighted by atomic mass is 32.2. The lowest BCUT2D eigenvalue weighted by atomic mass is 10.3. The molecule has 0 spiro atoms. The van der Waals surface area contributed by atoms with Crippen LogP contribution in [0.1, 0.15) is 24.4 Å². The van der Waals surface area contributed by atoms with Gasteiger partial charge in [0.1, 0.15) is 9.84 Å². The molecule has 4 heteroatoms. The van der Waals surface area contributed by atoms with Crippen LogP contribution >= 0.6 is 0 Å². The molecule has 1 heterocycles. The summed E-state index contributed by atoms with van der Waals surface area (Å²) >= 11 is 0. The number of aryl methyl sites for hydroxylation is 2. The molecule has 0 bridgehead atoms. The van der Waals surface area contributed by atoms with Gasteiger partial charge < -0.3 is 4.57 Å². The monoisotopic (exact) mass is 215 g/mol. The van der Waals surface area contributed by atoms with Crippen molar-refractivity contribution in [3.8, 4) is 0 Å². The fraction of sp³-hybridized carbons (Fsp3) is 0.600. The van der Waals surface area contributed by atoms with E-state index in [2.05, 4.69) is 4.57 Å². The molecule has 1 atom stereocenters.